The number of hydrogen-bond acceptors (Lipinski definition) is 1. The van der Waals surface area contributed by atoms with Crippen molar-refractivity contribution in [3.05, 3.63) is 179 Å². The summed E-state index contributed by atoms with van der Waals surface area (Å²) in [6.07, 6.45) is 17.6. The van der Waals surface area contributed by atoms with Crippen molar-refractivity contribution in [1.29, 1.82) is 0 Å². The highest BCUT2D eigenvalue weighted by Crippen LogP contribution is 2.59. The van der Waals surface area contributed by atoms with E-state index in [1.54, 1.807) is 0 Å². The Hall–Kier alpha value is -5.01. The van der Waals surface area contributed by atoms with Gasteiger partial charge >= 0.3 is 0 Å². The monoisotopic (exact) mass is 593 g/mol. The third-order valence-corrected chi connectivity index (χ3v) is 10.8. The highest BCUT2D eigenvalue weighted by molar-refractivity contribution is 5.96. The number of nitrogens with zero attached hydrogens (tertiary/aromatic N) is 1. The second kappa shape index (κ2) is 10.8. The van der Waals surface area contributed by atoms with Gasteiger partial charge in [-0.2, -0.15) is 0 Å². The molecule has 0 radical (unpaired) electrons. The lowest BCUT2D eigenvalue weighted by Gasteiger charge is -2.35. The molecule has 0 amide bonds. The zero-order valence-electron chi connectivity index (χ0n) is 27.1. The Kier molecular flexibility index (Phi) is 6.69. The van der Waals surface area contributed by atoms with E-state index in [0.29, 0.717) is 0 Å². The molecule has 0 N–H and O–H groups in total. The second-order valence-electron chi connectivity index (χ2n) is 13.4. The Morgan fingerprint density at radius 1 is 0.696 bits per heavy atom. The van der Waals surface area contributed by atoms with Crippen LogP contribution in [0.3, 0.4) is 0 Å². The summed E-state index contributed by atoms with van der Waals surface area (Å²) >= 11 is 0. The molecule has 1 nitrogen and oxygen atoms in total. The predicted octanol–water partition coefficient (Wildman–Crippen LogP) is 11.6. The Balaban J connectivity index is 1.32. The first-order valence-corrected chi connectivity index (χ1v) is 16.6. The van der Waals surface area contributed by atoms with Crippen LogP contribution in [0.4, 0.5) is 0 Å². The van der Waals surface area contributed by atoms with E-state index in [0.717, 1.165) is 12.8 Å². The summed E-state index contributed by atoms with van der Waals surface area (Å²) in [6.45, 7) is 9.10. The number of rotatable bonds is 5. The Bertz CT molecular complexity index is 2140. The largest absolute Gasteiger partial charge is 0.264 e. The third-order valence-electron chi connectivity index (χ3n) is 10.8. The molecule has 0 aliphatic heterocycles. The summed E-state index contributed by atoms with van der Waals surface area (Å²) in [4.78, 5) is 4.64. The van der Waals surface area contributed by atoms with E-state index in [1.165, 1.54) is 77.9 Å². The van der Waals surface area contributed by atoms with Crippen LogP contribution in [0.5, 0.6) is 0 Å². The predicted molar refractivity (Wildman–Crippen MR) is 194 cm³/mol. The number of aromatic nitrogens is 1. The SMILES string of the molecule is C/C=C\C1=C(C)C(C)(C)c2cc(-c3cccc(-c4cccc5c4-c4ccccc4C5(C4=CCCC=C4)c4cccnc4)c3)ccc21. The van der Waals surface area contributed by atoms with Gasteiger partial charge in [0.2, 0.25) is 0 Å². The van der Waals surface area contributed by atoms with Gasteiger partial charge in [-0.05, 0) is 117 Å². The van der Waals surface area contributed by atoms with Gasteiger partial charge in [-0.3, -0.25) is 4.98 Å². The molecule has 224 valence electrons. The van der Waals surface area contributed by atoms with Crippen LogP contribution >= 0.6 is 0 Å². The van der Waals surface area contributed by atoms with E-state index >= 15 is 0 Å². The third kappa shape index (κ3) is 4.04. The molecule has 4 aromatic carbocycles. The molecule has 0 saturated heterocycles. The van der Waals surface area contributed by atoms with Crippen molar-refractivity contribution in [2.75, 3.05) is 0 Å². The zero-order chi connectivity index (χ0) is 31.5. The number of pyridine rings is 1. The minimum Gasteiger partial charge on any atom is -0.264 e. The smallest absolute Gasteiger partial charge is 0.0725 e. The Morgan fingerprint density at radius 3 is 2.28 bits per heavy atom. The van der Waals surface area contributed by atoms with Crippen molar-refractivity contribution in [3.63, 3.8) is 0 Å². The summed E-state index contributed by atoms with van der Waals surface area (Å²) < 4.78 is 0. The molecule has 0 bridgehead atoms. The molecular weight excluding hydrogens is 555 g/mol. The quantitative estimate of drug-likeness (QED) is 0.197. The van der Waals surface area contributed by atoms with Crippen molar-refractivity contribution >= 4 is 5.57 Å². The maximum Gasteiger partial charge on any atom is 0.0725 e. The molecule has 0 fully saturated rings. The van der Waals surface area contributed by atoms with Crippen LogP contribution in [0, 0.1) is 0 Å². The Labute approximate surface area is 273 Å². The molecular formula is C45H39N. The number of benzene rings is 4. The molecule has 1 unspecified atom stereocenters. The fourth-order valence-corrected chi connectivity index (χ4v) is 8.30. The molecule has 3 aliphatic carbocycles. The van der Waals surface area contributed by atoms with Gasteiger partial charge in [0.1, 0.15) is 0 Å². The fraction of sp³-hybridized carbons (Fsp3) is 0.178. The number of hydrogen-bond donors (Lipinski definition) is 0. The summed E-state index contributed by atoms with van der Waals surface area (Å²) in [5.41, 5.74) is 18.0. The van der Waals surface area contributed by atoms with E-state index in [1.807, 2.05) is 6.20 Å². The van der Waals surface area contributed by atoms with Crippen molar-refractivity contribution < 1.29 is 0 Å². The van der Waals surface area contributed by atoms with Crippen LogP contribution < -0.4 is 0 Å². The van der Waals surface area contributed by atoms with Crippen LogP contribution in [0.1, 0.15) is 68.4 Å². The first-order chi connectivity index (χ1) is 22.5. The number of allylic oxidation sites excluding steroid dienone is 8. The molecule has 1 atom stereocenters. The molecule has 0 spiro atoms. The summed E-state index contributed by atoms with van der Waals surface area (Å²) in [5, 5.41) is 0. The van der Waals surface area contributed by atoms with Crippen LogP contribution in [0.15, 0.2) is 151 Å². The lowest BCUT2D eigenvalue weighted by Crippen LogP contribution is -2.29. The van der Waals surface area contributed by atoms with E-state index < -0.39 is 5.41 Å². The maximum atomic E-state index is 4.64. The molecule has 1 heteroatoms. The average Bonchev–Trinajstić information content (AvgIpc) is 3.51. The van der Waals surface area contributed by atoms with Crippen LogP contribution in [-0.4, -0.2) is 4.98 Å². The standard InChI is InChI=1S/C45H39N/c1-5-14-36-30(2)44(3,4)42-28-32(24-25-38(36)42)31-15-11-16-33(27-31)37-21-12-23-41-43(37)39-20-9-10-22-40(39)45(41,34-17-7-6-8-18-34)35-19-13-26-46-29-35/h5,7,9-29H,6,8H2,1-4H3/b14-5-. The molecule has 1 aromatic heterocycles. The van der Waals surface area contributed by atoms with Crippen molar-refractivity contribution in [2.24, 2.45) is 0 Å². The van der Waals surface area contributed by atoms with Crippen molar-refractivity contribution in [3.8, 4) is 33.4 Å². The first-order valence-electron chi connectivity index (χ1n) is 16.6. The first kappa shape index (κ1) is 28.5. The van der Waals surface area contributed by atoms with Crippen molar-refractivity contribution in [2.45, 2.75) is 51.4 Å². The molecule has 3 aliphatic rings. The van der Waals surface area contributed by atoms with Crippen LogP contribution in [-0.2, 0) is 10.8 Å². The second-order valence-corrected chi connectivity index (χ2v) is 13.4. The van der Waals surface area contributed by atoms with Gasteiger partial charge in [-0.25, -0.2) is 0 Å². The molecule has 46 heavy (non-hydrogen) atoms. The van der Waals surface area contributed by atoms with Gasteiger partial charge < -0.3 is 0 Å². The molecule has 8 rings (SSSR count). The highest BCUT2D eigenvalue weighted by Gasteiger charge is 2.47. The van der Waals surface area contributed by atoms with E-state index in [-0.39, 0.29) is 5.41 Å². The van der Waals surface area contributed by atoms with Crippen molar-refractivity contribution in [1.82, 2.24) is 4.98 Å². The topological polar surface area (TPSA) is 12.9 Å². The lowest BCUT2D eigenvalue weighted by molar-refractivity contribution is 0.639. The van der Waals surface area contributed by atoms with Gasteiger partial charge in [0, 0.05) is 17.8 Å². The molecule has 5 aromatic rings. The summed E-state index contributed by atoms with van der Waals surface area (Å²) in [6, 6.07) is 36.5. The van der Waals surface area contributed by atoms with Gasteiger partial charge in [-0.15, -0.1) is 0 Å². The molecule has 1 heterocycles. The number of fused-ring (bicyclic) bond motifs is 4. The lowest BCUT2D eigenvalue weighted by atomic mass is 9.66. The summed E-state index contributed by atoms with van der Waals surface area (Å²) in [5.74, 6) is 0. The normalized spacial score (nSPS) is 19.3. The van der Waals surface area contributed by atoms with E-state index in [9.17, 15) is 0 Å². The fourth-order valence-electron chi connectivity index (χ4n) is 8.30. The van der Waals surface area contributed by atoms with Gasteiger partial charge in [0.15, 0.2) is 0 Å². The minimum absolute atomic E-state index is 0.000361. The average molecular weight is 594 g/mol. The Morgan fingerprint density at radius 2 is 1.48 bits per heavy atom. The minimum atomic E-state index is -0.411. The molecule has 0 saturated carbocycles. The van der Waals surface area contributed by atoms with Gasteiger partial charge in [0.05, 0.1) is 5.41 Å². The van der Waals surface area contributed by atoms with Gasteiger partial charge in [0.25, 0.3) is 0 Å². The summed E-state index contributed by atoms with van der Waals surface area (Å²) in [7, 11) is 0. The maximum absolute atomic E-state index is 4.64. The zero-order valence-corrected chi connectivity index (χ0v) is 27.1. The highest BCUT2D eigenvalue weighted by atomic mass is 14.6. The van der Waals surface area contributed by atoms with Crippen LogP contribution in [0.2, 0.25) is 0 Å². The van der Waals surface area contributed by atoms with E-state index in [2.05, 4.69) is 166 Å². The van der Waals surface area contributed by atoms with E-state index in [4.69, 9.17) is 0 Å². The van der Waals surface area contributed by atoms with Crippen LogP contribution in [0.25, 0.3) is 39.0 Å². The van der Waals surface area contributed by atoms with Gasteiger partial charge in [-0.1, -0.05) is 129 Å².